The minimum Gasteiger partial charge on any atom is -0.315 e. The SMILES string of the molecule is CSCCNCCN(C)C. The summed E-state index contributed by atoms with van der Waals surface area (Å²) in [7, 11) is 4.19. The van der Waals surface area contributed by atoms with E-state index in [-0.39, 0.29) is 0 Å². The topological polar surface area (TPSA) is 15.3 Å². The minimum absolute atomic E-state index is 1.10. The molecule has 0 heterocycles. The Hall–Kier alpha value is 0.270. The van der Waals surface area contributed by atoms with Crippen LogP contribution in [0.25, 0.3) is 0 Å². The van der Waals surface area contributed by atoms with Gasteiger partial charge in [0, 0.05) is 25.4 Å². The second-order valence-corrected chi connectivity index (χ2v) is 3.53. The van der Waals surface area contributed by atoms with Crippen molar-refractivity contribution >= 4 is 11.8 Å². The summed E-state index contributed by atoms with van der Waals surface area (Å²) in [4.78, 5) is 2.19. The number of thioether (sulfide) groups is 1. The maximum absolute atomic E-state index is 3.36. The van der Waals surface area contributed by atoms with Crippen molar-refractivity contribution in [2.24, 2.45) is 0 Å². The van der Waals surface area contributed by atoms with Gasteiger partial charge in [0.05, 0.1) is 0 Å². The van der Waals surface area contributed by atoms with E-state index in [0.717, 1.165) is 19.6 Å². The third-order valence-corrected chi connectivity index (χ3v) is 1.83. The van der Waals surface area contributed by atoms with Gasteiger partial charge in [-0.2, -0.15) is 11.8 Å². The first-order valence-electron chi connectivity index (χ1n) is 3.61. The summed E-state index contributed by atoms with van der Waals surface area (Å²) in [5.74, 6) is 1.22. The lowest BCUT2D eigenvalue weighted by molar-refractivity contribution is 0.403. The zero-order valence-corrected chi connectivity index (χ0v) is 8.00. The Morgan fingerprint density at radius 3 is 2.50 bits per heavy atom. The fraction of sp³-hybridized carbons (Fsp3) is 1.00. The average molecular weight is 162 g/mol. The fourth-order valence-electron chi connectivity index (χ4n) is 0.602. The Morgan fingerprint density at radius 1 is 1.30 bits per heavy atom. The van der Waals surface area contributed by atoms with Gasteiger partial charge in [-0.1, -0.05) is 0 Å². The normalized spacial score (nSPS) is 10.8. The van der Waals surface area contributed by atoms with Gasteiger partial charge in [-0.25, -0.2) is 0 Å². The highest BCUT2D eigenvalue weighted by Gasteiger charge is 1.88. The number of rotatable bonds is 6. The monoisotopic (exact) mass is 162 g/mol. The van der Waals surface area contributed by atoms with Crippen LogP contribution in [0.3, 0.4) is 0 Å². The van der Waals surface area contributed by atoms with Crippen molar-refractivity contribution in [3.63, 3.8) is 0 Å². The van der Waals surface area contributed by atoms with Crippen molar-refractivity contribution < 1.29 is 0 Å². The van der Waals surface area contributed by atoms with Crippen LogP contribution in [-0.2, 0) is 0 Å². The third-order valence-electron chi connectivity index (χ3n) is 1.22. The Morgan fingerprint density at radius 2 is 2.00 bits per heavy atom. The molecule has 3 heteroatoms. The van der Waals surface area contributed by atoms with Crippen LogP contribution < -0.4 is 5.32 Å². The summed E-state index contributed by atoms with van der Waals surface area (Å²) in [6.07, 6.45) is 2.13. The van der Waals surface area contributed by atoms with E-state index in [1.54, 1.807) is 0 Å². The minimum atomic E-state index is 1.10. The van der Waals surface area contributed by atoms with Crippen LogP contribution in [0.15, 0.2) is 0 Å². The lowest BCUT2D eigenvalue weighted by Gasteiger charge is -2.09. The predicted octanol–water partition coefficient (Wildman–Crippen LogP) is 0.501. The molecule has 0 rings (SSSR count). The number of likely N-dealkylation sites (N-methyl/N-ethyl adjacent to an activating group) is 1. The number of nitrogens with one attached hydrogen (secondary N) is 1. The van der Waals surface area contributed by atoms with E-state index in [1.165, 1.54) is 5.75 Å². The number of hydrogen-bond donors (Lipinski definition) is 1. The van der Waals surface area contributed by atoms with Crippen LogP contribution >= 0.6 is 11.8 Å². The summed E-state index contributed by atoms with van der Waals surface area (Å²) in [6.45, 7) is 3.37. The Balaban J connectivity index is 2.77. The molecule has 1 N–H and O–H groups in total. The summed E-state index contributed by atoms with van der Waals surface area (Å²) < 4.78 is 0. The van der Waals surface area contributed by atoms with Crippen LogP contribution in [0.2, 0.25) is 0 Å². The molecule has 0 aliphatic carbocycles. The molecule has 0 saturated heterocycles. The lowest BCUT2D eigenvalue weighted by atomic mass is 10.5. The first-order chi connectivity index (χ1) is 4.77. The van der Waals surface area contributed by atoms with Crippen molar-refractivity contribution in [1.82, 2.24) is 10.2 Å². The van der Waals surface area contributed by atoms with Gasteiger partial charge in [-0.05, 0) is 20.4 Å². The molecule has 62 valence electrons. The molecule has 0 aromatic heterocycles. The molecule has 0 aliphatic rings. The predicted molar refractivity (Wildman–Crippen MR) is 49.8 cm³/mol. The van der Waals surface area contributed by atoms with Crippen molar-refractivity contribution in [1.29, 1.82) is 0 Å². The van der Waals surface area contributed by atoms with E-state index >= 15 is 0 Å². The molecule has 0 saturated carbocycles. The molecule has 0 spiro atoms. The zero-order chi connectivity index (χ0) is 7.82. The smallest absolute Gasteiger partial charge is 0.0101 e. The maximum Gasteiger partial charge on any atom is 0.0101 e. The lowest BCUT2D eigenvalue weighted by Crippen LogP contribution is -2.27. The van der Waals surface area contributed by atoms with Crippen molar-refractivity contribution in [2.75, 3.05) is 45.7 Å². The molecule has 0 radical (unpaired) electrons. The first-order valence-corrected chi connectivity index (χ1v) is 5.01. The van der Waals surface area contributed by atoms with Crippen molar-refractivity contribution in [3.8, 4) is 0 Å². The van der Waals surface area contributed by atoms with Gasteiger partial charge in [0.15, 0.2) is 0 Å². The van der Waals surface area contributed by atoms with E-state index in [1.807, 2.05) is 11.8 Å². The van der Waals surface area contributed by atoms with E-state index < -0.39 is 0 Å². The standard InChI is InChI=1S/C7H18N2S/c1-9(2)6-4-8-5-7-10-3/h8H,4-7H2,1-3H3. The molecule has 0 aliphatic heterocycles. The number of hydrogen-bond acceptors (Lipinski definition) is 3. The van der Waals surface area contributed by atoms with E-state index in [2.05, 4.69) is 30.6 Å². The quantitative estimate of drug-likeness (QED) is 0.573. The van der Waals surface area contributed by atoms with Gasteiger partial charge in [0.2, 0.25) is 0 Å². The van der Waals surface area contributed by atoms with Gasteiger partial charge >= 0.3 is 0 Å². The maximum atomic E-state index is 3.36. The van der Waals surface area contributed by atoms with E-state index in [0.29, 0.717) is 0 Å². The number of nitrogens with zero attached hydrogens (tertiary/aromatic N) is 1. The van der Waals surface area contributed by atoms with Crippen molar-refractivity contribution in [3.05, 3.63) is 0 Å². The van der Waals surface area contributed by atoms with Gasteiger partial charge in [0.25, 0.3) is 0 Å². The molecule has 2 nitrogen and oxygen atoms in total. The highest BCUT2D eigenvalue weighted by Crippen LogP contribution is 1.86. The van der Waals surface area contributed by atoms with Crippen LogP contribution in [0, 0.1) is 0 Å². The van der Waals surface area contributed by atoms with Crippen molar-refractivity contribution in [2.45, 2.75) is 0 Å². The molecule has 0 fully saturated rings. The van der Waals surface area contributed by atoms with Crippen LogP contribution in [0.1, 0.15) is 0 Å². The summed E-state index contributed by atoms with van der Waals surface area (Å²) in [6, 6.07) is 0. The van der Waals surface area contributed by atoms with Gasteiger partial charge in [-0.15, -0.1) is 0 Å². The fourth-order valence-corrected chi connectivity index (χ4v) is 0.950. The summed E-state index contributed by atoms with van der Waals surface area (Å²) in [5, 5.41) is 3.36. The Labute approximate surface area is 68.4 Å². The molecular formula is C7H18N2S. The van der Waals surface area contributed by atoms with Gasteiger partial charge < -0.3 is 10.2 Å². The zero-order valence-electron chi connectivity index (χ0n) is 7.18. The first kappa shape index (κ1) is 10.3. The average Bonchev–Trinajstić information content (AvgIpc) is 1.87. The van der Waals surface area contributed by atoms with E-state index in [9.17, 15) is 0 Å². The van der Waals surface area contributed by atoms with Gasteiger partial charge in [0.1, 0.15) is 0 Å². The molecular weight excluding hydrogens is 144 g/mol. The highest BCUT2D eigenvalue weighted by molar-refractivity contribution is 7.98. The van der Waals surface area contributed by atoms with Crippen LogP contribution in [-0.4, -0.2) is 50.6 Å². The van der Waals surface area contributed by atoms with Crippen LogP contribution in [0.5, 0.6) is 0 Å². The molecule has 0 aromatic rings. The largest absolute Gasteiger partial charge is 0.315 e. The van der Waals surface area contributed by atoms with E-state index in [4.69, 9.17) is 0 Å². The molecule has 0 bridgehead atoms. The second kappa shape index (κ2) is 7.38. The van der Waals surface area contributed by atoms with Gasteiger partial charge in [-0.3, -0.25) is 0 Å². The summed E-state index contributed by atoms with van der Waals surface area (Å²) >= 11 is 1.88. The molecule has 0 amide bonds. The second-order valence-electron chi connectivity index (χ2n) is 2.55. The van der Waals surface area contributed by atoms with Crippen LogP contribution in [0.4, 0.5) is 0 Å². The highest BCUT2D eigenvalue weighted by atomic mass is 32.2. The Kier molecular flexibility index (Phi) is 7.58. The Bertz CT molecular complexity index is 66.6. The molecule has 0 aromatic carbocycles. The molecule has 0 atom stereocenters. The third kappa shape index (κ3) is 8.27. The molecule has 0 unspecified atom stereocenters. The molecule has 10 heavy (non-hydrogen) atoms. The summed E-state index contributed by atoms with van der Waals surface area (Å²) in [5.41, 5.74) is 0.